The van der Waals surface area contributed by atoms with E-state index in [0.717, 1.165) is 6.07 Å². The Kier molecular flexibility index (Phi) is 3.04. The van der Waals surface area contributed by atoms with Gasteiger partial charge in [0.1, 0.15) is 5.76 Å². The van der Waals surface area contributed by atoms with Crippen molar-refractivity contribution in [1.82, 2.24) is 0 Å². The maximum absolute atomic E-state index is 13.5. The molecule has 0 aliphatic carbocycles. The first-order valence-corrected chi connectivity index (χ1v) is 5.20. The van der Waals surface area contributed by atoms with Crippen molar-refractivity contribution in [1.29, 1.82) is 0 Å². The molecule has 0 saturated carbocycles. The van der Waals surface area contributed by atoms with Gasteiger partial charge in [0.25, 0.3) is 0 Å². The molecule has 0 unspecified atom stereocenters. The standard InChI is InChI=1S/C13H10F2O2/c1-2-11-8(6-7-17-11)13(16)9-4-3-5-10(14)12(9)15/h3-7H,2H2,1H3. The molecule has 1 aromatic heterocycles. The van der Waals surface area contributed by atoms with Crippen molar-refractivity contribution < 1.29 is 18.0 Å². The van der Waals surface area contributed by atoms with Crippen LogP contribution in [0.5, 0.6) is 0 Å². The van der Waals surface area contributed by atoms with Gasteiger partial charge in [-0.2, -0.15) is 0 Å². The SMILES string of the molecule is CCc1occc1C(=O)c1cccc(F)c1F. The molecule has 0 spiro atoms. The Morgan fingerprint density at radius 2 is 2.00 bits per heavy atom. The van der Waals surface area contributed by atoms with Crippen LogP contribution < -0.4 is 0 Å². The highest BCUT2D eigenvalue weighted by Crippen LogP contribution is 2.19. The smallest absolute Gasteiger partial charge is 0.199 e. The summed E-state index contributed by atoms with van der Waals surface area (Å²) in [4.78, 5) is 12.0. The molecule has 1 aromatic carbocycles. The van der Waals surface area contributed by atoms with Gasteiger partial charge in [0, 0.05) is 6.42 Å². The van der Waals surface area contributed by atoms with E-state index in [1.165, 1.54) is 24.5 Å². The number of furan rings is 1. The highest BCUT2D eigenvalue weighted by molar-refractivity contribution is 6.09. The zero-order chi connectivity index (χ0) is 12.4. The van der Waals surface area contributed by atoms with E-state index in [2.05, 4.69) is 0 Å². The summed E-state index contributed by atoms with van der Waals surface area (Å²) in [6.07, 6.45) is 1.88. The van der Waals surface area contributed by atoms with Gasteiger partial charge in [0.15, 0.2) is 17.4 Å². The third-order valence-electron chi connectivity index (χ3n) is 2.51. The fraction of sp³-hybridized carbons (Fsp3) is 0.154. The van der Waals surface area contributed by atoms with E-state index in [0.29, 0.717) is 12.2 Å². The van der Waals surface area contributed by atoms with Crippen LogP contribution in [0.15, 0.2) is 34.9 Å². The molecule has 0 fully saturated rings. The second-order valence-corrected chi connectivity index (χ2v) is 3.54. The average Bonchev–Trinajstić information content (AvgIpc) is 2.80. The lowest BCUT2D eigenvalue weighted by Crippen LogP contribution is -2.06. The minimum atomic E-state index is -1.12. The van der Waals surface area contributed by atoms with Crippen LogP contribution in [0.25, 0.3) is 0 Å². The number of carbonyl (C=O) groups is 1. The highest BCUT2D eigenvalue weighted by atomic mass is 19.2. The van der Waals surface area contributed by atoms with Gasteiger partial charge < -0.3 is 4.42 Å². The molecule has 0 amide bonds. The van der Waals surface area contributed by atoms with Gasteiger partial charge in [-0.1, -0.05) is 13.0 Å². The van der Waals surface area contributed by atoms with E-state index in [9.17, 15) is 13.6 Å². The van der Waals surface area contributed by atoms with Gasteiger partial charge in [0.05, 0.1) is 17.4 Å². The quantitative estimate of drug-likeness (QED) is 0.765. The van der Waals surface area contributed by atoms with Crippen LogP contribution in [0.3, 0.4) is 0 Å². The molecule has 88 valence electrons. The van der Waals surface area contributed by atoms with Crippen molar-refractivity contribution in [3.05, 3.63) is 59.1 Å². The molecule has 0 aliphatic heterocycles. The molecule has 0 saturated heterocycles. The molecule has 0 aliphatic rings. The Labute approximate surface area is 96.9 Å². The van der Waals surface area contributed by atoms with Gasteiger partial charge in [-0.05, 0) is 18.2 Å². The molecule has 2 aromatic rings. The number of hydrogen-bond donors (Lipinski definition) is 0. The van der Waals surface area contributed by atoms with Crippen LogP contribution in [0.4, 0.5) is 8.78 Å². The molecule has 0 radical (unpaired) electrons. The van der Waals surface area contributed by atoms with Crippen molar-refractivity contribution in [2.45, 2.75) is 13.3 Å². The maximum atomic E-state index is 13.5. The summed E-state index contributed by atoms with van der Waals surface area (Å²) in [5.41, 5.74) is -0.00176. The van der Waals surface area contributed by atoms with Gasteiger partial charge in [0.2, 0.25) is 0 Å². The average molecular weight is 236 g/mol. The van der Waals surface area contributed by atoms with Crippen LogP contribution in [0.2, 0.25) is 0 Å². The Morgan fingerprint density at radius 3 is 2.71 bits per heavy atom. The second-order valence-electron chi connectivity index (χ2n) is 3.54. The predicted molar refractivity (Wildman–Crippen MR) is 57.9 cm³/mol. The van der Waals surface area contributed by atoms with Gasteiger partial charge in [-0.15, -0.1) is 0 Å². The molecular formula is C13H10F2O2. The monoisotopic (exact) mass is 236 g/mol. The summed E-state index contributed by atoms with van der Waals surface area (Å²) >= 11 is 0. The Morgan fingerprint density at radius 1 is 1.24 bits per heavy atom. The Bertz CT molecular complexity index is 558. The maximum Gasteiger partial charge on any atom is 0.199 e. The Balaban J connectivity index is 2.48. The molecular weight excluding hydrogens is 226 g/mol. The van der Waals surface area contributed by atoms with Crippen molar-refractivity contribution in [3.63, 3.8) is 0 Å². The van der Waals surface area contributed by atoms with Crippen LogP contribution in [-0.2, 0) is 6.42 Å². The van der Waals surface area contributed by atoms with E-state index in [1.54, 1.807) is 0 Å². The van der Waals surface area contributed by atoms with E-state index in [1.807, 2.05) is 6.92 Å². The molecule has 17 heavy (non-hydrogen) atoms. The third-order valence-corrected chi connectivity index (χ3v) is 2.51. The summed E-state index contributed by atoms with van der Waals surface area (Å²) < 4.78 is 31.6. The molecule has 2 nitrogen and oxygen atoms in total. The second kappa shape index (κ2) is 4.49. The summed E-state index contributed by atoms with van der Waals surface area (Å²) in [7, 11) is 0. The van der Waals surface area contributed by atoms with Gasteiger partial charge in [-0.25, -0.2) is 8.78 Å². The fourth-order valence-corrected chi connectivity index (χ4v) is 1.64. The first-order valence-electron chi connectivity index (χ1n) is 5.20. The molecule has 4 heteroatoms. The molecule has 0 bridgehead atoms. The highest BCUT2D eigenvalue weighted by Gasteiger charge is 2.20. The number of ketones is 1. The minimum absolute atomic E-state index is 0.275. The van der Waals surface area contributed by atoms with Crippen LogP contribution in [0.1, 0.15) is 28.6 Å². The lowest BCUT2D eigenvalue weighted by Gasteiger charge is -2.02. The largest absolute Gasteiger partial charge is 0.469 e. The lowest BCUT2D eigenvalue weighted by atomic mass is 10.0. The zero-order valence-corrected chi connectivity index (χ0v) is 9.17. The first-order chi connectivity index (χ1) is 8.15. The van der Waals surface area contributed by atoms with Crippen molar-refractivity contribution in [2.75, 3.05) is 0 Å². The van der Waals surface area contributed by atoms with Gasteiger partial charge in [-0.3, -0.25) is 4.79 Å². The number of halogens is 2. The minimum Gasteiger partial charge on any atom is -0.469 e. The number of carbonyl (C=O) groups excluding carboxylic acids is 1. The zero-order valence-electron chi connectivity index (χ0n) is 9.17. The summed E-state index contributed by atoms with van der Waals surface area (Å²) in [5, 5.41) is 0. The molecule has 2 rings (SSSR count). The Hall–Kier alpha value is -1.97. The van der Waals surface area contributed by atoms with Crippen LogP contribution in [-0.4, -0.2) is 5.78 Å². The van der Waals surface area contributed by atoms with Crippen LogP contribution in [0, 0.1) is 11.6 Å². The number of aryl methyl sites for hydroxylation is 1. The number of benzene rings is 1. The molecule has 0 N–H and O–H groups in total. The summed E-state index contributed by atoms with van der Waals surface area (Å²) in [5.74, 6) is -2.25. The fourth-order valence-electron chi connectivity index (χ4n) is 1.64. The normalized spacial score (nSPS) is 10.5. The van der Waals surface area contributed by atoms with E-state index >= 15 is 0 Å². The van der Waals surface area contributed by atoms with Gasteiger partial charge >= 0.3 is 0 Å². The van der Waals surface area contributed by atoms with E-state index in [4.69, 9.17) is 4.42 Å². The number of hydrogen-bond acceptors (Lipinski definition) is 2. The predicted octanol–water partition coefficient (Wildman–Crippen LogP) is 3.35. The van der Waals surface area contributed by atoms with E-state index in [-0.39, 0.29) is 11.1 Å². The van der Waals surface area contributed by atoms with E-state index < -0.39 is 17.4 Å². The van der Waals surface area contributed by atoms with Crippen molar-refractivity contribution >= 4 is 5.78 Å². The summed E-state index contributed by atoms with van der Waals surface area (Å²) in [6, 6.07) is 5.00. The van der Waals surface area contributed by atoms with Crippen molar-refractivity contribution in [3.8, 4) is 0 Å². The lowest BCUT2D eigenvalue weighted by molar-refractivity contribution is 0.103. The summed E-state index contributed by atoms with van der Waals surface area (Å²) in [6.45, 7) is 1.82. The van der Waals surface area contributed by atoms with Crippen LogP contribution >= 0.6 is 0 Å². The molecule has 1 heterocycles. The first kappa shape index (κ1) is 11.5. The molecule has 0 atom stereocenters. The third kappa shape index (κ3) is 1.98. The number of rotatable bonds is 3. The van der Waals surface area contributed by atoms with Crippen molar-refractivity contribution in [2.24, 2.45) is 0 Å². The topological polar surface area (TPSA) is 30.2 Å².